The fraction of sp³-hybridized carbons (Fsp3) is 0.0588. The lowest BCUT2D eigenvalue weighted by Crippen LogP contribution is -2.19. The summed E-state index contributed by atoms with van der Waals surface area (Å²) < 4.78 is 5.11. The van der Waals surface area contributed by atoms with Crippen molar-refractivity contribution in [2.24, 2.45) is 0 Å². The fourth-order valence-electron chi connectivity index (χ4n) is 2.25. The molecule has 0 fully saturated rings. The van der Waals surface area contributed by atoms with E-state index in [1.54, 1.807) is 54.6 Å². The minimum Gasteiger partial charge on any atom is -0.507 e. The van der Waals surface area contributed by atoms with E-state index in [1.807, 2.05) is 0 Å². The van der Waals surface area contributed by atoms with Gasteiger partial charge in [-0.3, -0.25) is 4.79 Å². The number of ether oxygens (including phenoxy) is 1. The van der Waals surface area contributed by atoms with Crippen LogP contribution in [-0.2, 0) is 14.3 Å². The smallest absolute Gasteiger partial charge is 0.348 e. The predicted molar refractivity (Wildman–Crippen MR) is 85.0 cm³/mol. The summed E-state index contributed by atoms with van der Waals surface area (Å²) in [5.74, 6) is -1.98. The molecule has 0 spiro atoms. The van der Waals surface area contributed by atoms with Gasteiger partial charge < -0.3 is 15.2 Å². The summed E-state index contributed by atoms with van der Waals surface area (Å²) in [7, 11) is 0. The predicted octanol–water partition coefficient (Wildman–Crippen LogP) is 3.39. The molecule has 0 aromatic heterocycles. The number of nitrogens with one attached hydrogen (secondary N) is 1. The summed E-state index contributed by atoms with van der Waals surface area (Å²) in [4.78, 5) is 24.2. The second-order valence-electron chi connectivity index (χ2n) is 4.92. The van der Waals surface area contributed by atoms with Crippen LogP contribution >= 0.6 is 11.6 Å². The highest BCUT2D eigenvalue weighted by atomic mass is 35.5. The molecule has 1 aliphatic rings. The number of hydrogen-bond acceptors (Lipinski definition) is 4. The first kappa shape index (κ1) is 15.1. The Morgan fingerprint density at radius 3 is 2.39 bits per heavy atom. The third kappa shape index (κ3) is 3.05. The zero-order chi connectivity index (χ0) is 16.4. The van der Waals surface area contributed by atoms with Gasteiger partial charge in [-0.05, 0) is 24.3 Å². The van der Waals surface area contributed by atoms with Gasteiger partial charge in [0.05, 0.1) is 0 Å². The van der Waals surface area contributed by atoms with Crippen LogP contribution in [0.4, 0.5) is 5.69 Å². The topological polar surface area (TPSA) is 75.6 Å². The number of aliphatic hydroxyl groups excluding tert-OH is 1. The fourth-order valence-corrected chi connectivity index (χ4v) is 2.37. The quantitative estimate of drug-likeness (QED) is 0.668. The summed E-state index contributed by atoms with van der Waals surface area (Å²) in [5, 5.41) is 13.3. The van der Waals surface area contributed by atoms with Gasteiger partial charge in [-0.2, -0.15) is 0 Å². The highest BCUT2D eigenvalue weighted by Gasteiger charge is 2.39. The molecule has 1 amide bonds. The molecule has 0 aliphatic carbocycles. The highest BCUT2D eigenvalue weighted by molar-refractivity contribution is 6.30. The Balaban J connectivity index is 1.85. The van der Waals surface area contributed by atoms with Crippen LogP contribution in [0.25, 0.3) is 0 Å². The van der Waals surface area contributed by atoms with E-state index in [9.17, 15) is 14.7 Å². The van der Waals surface area contributed by atoms with Crippen LogP contribution in [0.1, 0.15) is 11.7 Å². The number of benzene rings is 2. The van der Waals surface area contributed by atoms with Gasteiger partial charge >= 0.3 is 5.97 Å². The minimum atomic E-state index is -0.963. The number of esters is 1. The van der Waals surface area contributed by atoms with Gasteiger partial charge in [-0.1, -0.05) is 41.9 Å². The average molecular weight is 330 g/mol. The minimum absolute atomic E-state index is 0.395. The molecule has 116 valence electrons. The van der Waals surface area contributed by atoms with Gasteiger partial charge in [-0.15, -0.1) is 0 Å². The Morgan fingerprint density at radius 1 is 1.09 bits per heavy atom. The number of hydrogen-bond donors (Lipinski definition) is 2. The highest BCUT2D eigenvalue weighted by Crippen LogP contribution is 2.33. The molecule has 5 nitrogen and oxygen atoms in total. The van der Waals surface area contributed by atoms with E-state index in [1.165, 1.54) is 0 Å². The molecule has 6 heteroatoms. The molecule has 0 bridgehead atoms. The third-order valence-corrected chi connectivity index (χ3v) is 3.62. The van der Waals surface area contributed by atoms with E-state index >= 15 is 0 Å². The average Bonchev–Trinajstić information content (AvgIpc) is 2.85. The van der Waals surface area contributed by atoms with Gasteiger partial charge in [0.25, 0.3) is 5.91 Å². The van der Waals surface area contributed by atoms with Crippen molar-refractivity contribution in [3.8, 4) is 0 Å². The molecule has 1 atom stereocenters. The number of carbonyl (C=O) groups is 2. The summed E-state index contributed by atoms with van der Waals surface area (Å²) >= 11 is 5.77. The van der Waals surface area contributed by atoms with E-state index in [0.29, 0.717) is 16.3 Å². The Hall–Kier alpha value is -2.79. The number of carbonyl (C=O) groups excluding carboxylic acids is 2. The van der Waals surface area contributed by atoms with Crippen LogP contribution in [0.15, 0.2) is 65.9 Å². The van der Waals surface area contributed by atoms with Gasteiger partial charge in [0, 0.05) is 16.3 Å². The zero-order valence-corrected chi connectivity index (χ0v) is 12.6. The van der Waals surface area contributed by atoms with Gasteiger partial charge in [0.1, 0.15) is 0 Å². The number of halogens is 1. The molecule has 1 aliphatic heterocycles. The van der Waals surface area contributed by atoms with Crippen molar-refractivity contribution in [3.63, 3.8) is 0 Å². The molecule has 0 saturated carbocycles. The van der Waals surface area contributed by atoms with Crippen molar-refractivity contribution in [2.75, 3.05) is 5.32 Å². The van der Waals surface area contributed by atoms with Crippen molar-refractivity contribution < 1.29 is 19.4 Å². The maximum absolute atomic E-state index is 12.2. The maximum atomic E-state index is 12.2. The first-order valence-electron chi connectivity index (χ1n) is 6.82. The first-order valence-corrected chi connectivity index (χ1v) is 7.20. The Labute approximate surface area is 137 Å². The molecular weight excluding hydrogens is 318 g/mol. The van der Waals surface area contributed by atoms with Gasteiger partial charge in [-0.25, -0.2) is 4.79 Å². The molecule has 1 heterocycles. The first-order chi connectivity index (χ1) is 11.1. The van der Waals surface area contributed by atoms with E-state index in [0.717, 1.165) is 0 Å². The van der Waals surface area contributed by atoms with E-state index < -0.39 is 29.3 Å². The van der Waals surface area contributed by atoms with Crippen LogP contribution in [0.2, 0.25) is 5.02 Å². The lowest BCUT2D eigenvalue weighted by Gasteiger charge is -2.09. The lowest BCUT2D eigenvalue weighted by molar-refractivity contribution is -0.141. The SMILES string of the molecule is O=C(Nc1ccc(Cl)cc1)C1=C(O)C(c2ccccc2)OC1=O. The summed E-state index contributed by atoms with van der Waals surface area (Å²) in [5.41, 5.74) is 0.650. The Bertz CT molecular complexity index is 784. The van der Waals surface area contributed by atoms with Crippen LogP contribution in [0.5, 0.6) is 0 Å². The monoisotopic (exact) mass is 329 g/mol. The Morgan fingerprint density at radius 2 is 1.74 bits per heavy atom. The van der Waals surface area contributed by atoms with Crippen LogP contribution < -0.4 is 5.32 Å². The lowest BCUT2D eigenvalue weighted by atomic mass is 10.1. The van der Waals surface area contributed by atoms with Crippen molar-refractivity contribution in [1.82, 2.24) is 0 Å². The molecule has 23 heavy (non-hydrogen) atoms. The molecular formula is C17H12ClNO4. The second kappa shape index (κ2) is 6.14. The molecule has 2 aromatic carbocycles. The summed E-state index contributed by atoms with van der Waals surface area (Å²) in [6, 6.07) is 15.1. The normalized spacial score (nSPS) is 17.1. The van der Waals surface area contributed by atoms with Crippen molar-refractivity contribution >= 4 is 29.2 Å². The summed E-state index contributed by atoms with van der Waals surface area (Å²) in [6.07, 6.45) is -0.963. The molecule has 1 unspecified atom stereocenters. The van der Waals surface area contributed by atoms with Crippen LogP contribution in [-0.4, -0.2) is 17.0 Å². The van der Waals surface area contributed by atoms with E-state index in [2.05, 4.69) is 5.32 Å². The van der Waals surface area contributed by atoms with Gasteiger partial charge in [0.15, 0.2) is 17.4 Å². The molecule has 2 aromatic rings. The number of anilines is 1. The molecule has 0 radical (unpaired) electrons. The number of cyclic esters (lactones) is 1. The maximum Gasteiger partial charge on any atom is 0.348 e. The molecule has 2 N–H and O–H groups in total. The number of aliphatic hydroxyl groups is 1. The van der Waals surface area contributed by atoms with Crippen LogP contribution in [0, 0.1) is 0 Å². The van der Waals surface area contributed by atoms with E-state index in [4.69, 9.17) is 16.3 Å². The second-order valence-corrected chi connectivity index (χ2v) is 5.35. The van der Waals surface area contributed by atoms with Crippen LogP contribution in [0.3, 0.4) is 0 Å². The molecule has 3 rings (SSSR count). The van der Waals surface area contributed by atoms with E-state index in [-0.39, 0.29) is 0 Å². The molecule has 0 saturated heterocycles. The number of rotatable bonds is 3. The van der Waals surface area contributed by atoms with Crippen molar-refractivity contribution in [3.05, 3.63) is 76.5 Å². The van der Waals surface area contributed by atoms with Gasteiger partial charge in [0.2, 0.25) is 0 Å². The Kier molecular flexibility index (Phi) is 4.04. The number of amides is 1. The van der Waals surface area contributed by atoms with Crippen molar-refractivity contribution in [2.45, 2.75) is 6.10 Å². The zero-order valence-electron chi connectivity index (χ0n) is 11.8. The van der Waals surface area contributed by atoms with Crippen molar-refractivity contribution in [1.29, 1.82) is 0 Å². The third-order valence-electron chi connectivity index (χ3n) is 3.36. The standard InChI is InChI=1S/C17H12ClNO4/c18-11-6-8-12(9-7-11)19-16(21)13-14(20)15(23-17(13)22)10-4-2-1-3-5-10/h1-9,15,20H,(H,19,21). The largest absolute Gasteiger partial charge is 0.507 e. The summed E-state index contributed by atoms with van der Waals surface area (Å²) in [6.45, 7) is 0.